The third-order valence-electron chi connectivity index (χ3n) is 3.15. The third-order valence-corrected chi connectivity index (χ3v) is 3.15. The average Bonchev–Trinajstić information content (AvgIpc) is 2.99. The van der Waals surface area contributed by atoms with Gasteiger partial charge in [-0.25, -0.2) is 4.39 Å². The summed E-state index contributed by atoms with van der Waals surface area (Å²) in [4.78, 5) is 0. The maximum atomic E-state index is 12.2. The Kier molecular flexibility index (Phi) is 5.29. The molecule has 0 unspecified atom stereocenters. The highest BCUT2D eigenvalue weighted by Crippen LogP contribution is 2.06. The van der Waals surface area contributed by atoms with Crippen LogP contribution in [0.5, 0.6) is 0 Å². The Labute approximate surface area is 118 Å². The minimum absolute atomic E-state index is 0.322. The van der Waals surface area contributed by atoms with Gasteiger partial charge < -0.3 is 5.32 Å². The predicted octanol–water partition coefficient (Wildman–Crippen LogP) is 2.06. The van der Waals surface area contributed by atoms with Gasteiger partial charge in [0.2, 0.25) is 0 Å². The molecule has 0 saturated carbocycles. The molecular weight excluding hydrogens is 257 g/mol. The van der Waals surface area contributed by atoms with Crippen LogP contribution in [-0.4, -0.2) is 26.2 Å². The van der Waals surface area contributed by atoms with E-state index in [1.54, 1.807) is 10.9 Å². The first-order valence-electron chi connectivity index (χ1n) is 7.04. The molecule has 110 valence electrons. The van der Waals surface area contributed by atoms with Gasteiger partial charge in [-0.2, -0.15) is 10.2 Å². The van der Waals surface area contributed by atoms with Crippen molar-refractivity contribution in [1.82, 2.24) is 24.9 Å². The lowest BCUT2D eigenvalue weighted by molar-refractivity contribution is 0.427. The molecule has 0 fully saturated rings. The second-order valence-electron chi connectivity index (χ2n) is 4.91. The van der Waals surface area contributed by atoms with Crippen molar-refractivity contribution in [3.05, 3.63) is 35.4 Å². The molecule has 0 aliphatic heterocycles. The van der Waals surface area contributed by atoms with E-state index in [2.05, 4.69) is 28.6 Å². The van der Waals surface area contributed by atoms with Gasteiger partial charge in [0.25, 0.3) is 0 Å². The fraction of sp³-hybridized carbons (Fsp3) is 0.571. The van der Waals surface area contributed by atoms with Crippen LogP contribution in [0.2, 0.25) is 0 Å². The van der Waals surface area contributed by atoms with Crippen molar-refractivity contribution in [1.29, 1.82) is 0 Å². The van der Waals surface area contributed by atoms with E-state index in [1.807, 2.05) is 17.8 Å². The lowest BCUT2D eigenvalue weighted by atomic mass is 10.2. The van der Waals surface area contributed by atoms with Crippen LogP contribution in [0.15, 0.2) is 18.6 Å². The summed E-state index contributed by atoms with van der Waals surface area (Å²) in [6.07, 6.45) is 6.83. The van der Waals surface area contributed by atoms with Gasteiger partial charge in [-0.05, 0) is 13.3 Å². The molecule has 5 nitrogen and oxygen atoms in total. The first-order chi connectivity index (χ1) is 9.72. The molecule has 2 rings (SSSR count). The van der Waals surface area contributed by atoms with E-state index in [1.165, 1.54) is 5.56 Å². The Balaban J connectivity index is 1.82. The van der Waals surface area contributed by atoms with Crippen molar-refractivity contribution in [2.24, 2.45) is 0 Å². The maximum Gasteiger partial charge on any atom is 0.109 e. The highest BCUT2D eigenvalue weighted by atomic mass is 19.1. The van der Waals surface area contributed by atoms with Gasteiger partial charge in [0.15, 0.2) is 0 Å². The largest absolute Gasteiger partial charge is 0.308 e. The van der Waals surface area contributed by atoms with Gasteiger partial charge in [-0.15, -0.1) is 0 Å². The molecule has 1 N–H and O–H groups in total. The van der Waals surface area contributed by atoms with E-state index in [4.69, 9.17) is 0 Å². The standard InChI is InChI=1S/C14H22FN5/c1-3-5-20-11-14(12(2)18-20)9-16-7-13-8-17-19(10-13)6-4-15/h8,10-11,16H,3-7,9H2,1-2H3. The Bertz CT molecular complexity index is 531. The van der Waals surface area contributed by atoms with Crippen LogP contribution in [-0.2, 0) is 26.2 Å². The third kappa shape index (κ3) is 3.90. The van der Waals surface area contributed by atoms with Crippen LogP contribution in [0.1, 0.15) is 30.2 Å². The predicted molar refractivity (Wildman–Crippen MR) is 76.0 cm³/mol. The molecule has 0 aromatic carbocycles. The van der Waals surface area contributed by atoms with E-state index in [9.17, 15) is 4.39 Å². The van der Waals surface area contributed by atoms with Crippen LogP contribution in [0.4, 0.5) is 4.39 Å². The van der Waals surface area contributed by atoms with Crippen LogP contribution in [0.25, 0.3) is 0 Å². The monoisotopic (exact) mass is 279 g/mol. The van der Waals surface area contributed by atoms with Crippen molar-refractivity contribution in [3.8, 4) is 0 Å². The van der Waals surface area contributed by atoms with E-state index < -0.39 is 0 Å². The SMILES string of the molecule is CCCn1cc(CNCc2cnn(CCF)c2)c(C)n1. The lowest BCUT2D eigenvalue weighted by Gasteiger charge is -2.01. The van der Waals surface area contributed by atoms with Crippen LogP contribution >= 0.6 is 0 Å². The summed E-state index contributed by atoms with van der Waals surface area (Å²) in [5, 5.41) is 11.9. The number of aryl methyl sites for hydroxylation is 3. The van der Waals surface area contributed by atoms with E-state index >= 15 is 0 Å². The average molecular weight is 279 g/mol. The van der Waals surface area contributed by atoms with Crippen molar-refractivity contribution < 1.29 is 4.39 Å². The maximum absolute atomic E-state index is 12.2. The van der Waals surface area contributed by atoms with Crippen molar-refractivity contribution in [3.63, 3.8) is 0 Å². The smallest absolute Gasteiger partial charge is 0.109 e. The number of nitrogens with one attached hydrogen (secondary N) is 1. The van der Waals surface area contributed by atoms with E-state index in [0.717, 1.165) is 37.3 Å². The summed E-state index contributed by atoms with van der Waals surface area (Å²) in [7, 11) is 0. The zero-order valence-corrected chi connectivity index (χ0v) is 12.1. The summed E-state index contributed by atoms with van der Waals surface area (Å²) in [6, 6.07) is 0. The fourth-order valence-corrected chi connectivity index (χ4v) is 2.12. The quantitative estimate of drug-likeness (QED) is 0.804. The molecule has 2 heterocycles. The van der Waals surface area contributed by atoms with Gasteiger partial charge in [0.1, 0.15) is 6.67 Å². The fourth-order valence-electron chi connectivity index (χ4n) is 2.12. The Hall–Kier alpha value is -1.69. The van der Waals surface area contributed by atoms with Gasteiger partial charge in [-0.1, -0.05) is 6.92 Å². The van der Waals surface area contributed by atoms with Gasteiger partial charge >= 0.3 is 0 Å². The first kappa shape index (κ1) is 14.7. The van der Waals surface area contributed by atoms with E-state index in [0.29, 0.717) is 6.54 Å². The minimum Gasteiger partial charge on any atom is -0.308 e. The summed E-state index contributed by atoms with van der Waals surface area (Å²) >= 11 is 0. The van der Waals surface area contributed by atoms with Crippen LogP contribution in [0, 0.1) is 6.92 Å². The Morgan fingerprint density at radius 1 is 1.20 bits per heavy atom. The molecule has 0 saturated heterocycles. The number of rotatable bonds is 8. The molecule has 0 atom stereocenters. The van der Waals surface area contributed by atoms with Gasteiger partial charge in [0, 0.05) is 43.2 Å². The Morgan fingerprint density at radius 2 is 2.05 bits per heavy atom. The topological polar surface area (TPSA) is 47.7 Å². The second-order valence-corrected chi connectivity index (χ2v) is 4.91. The molecule has 0 amide bonds. The summed E-state index contributed by atoms with van der Waals surface area (Å²) in [5.74, 6) is 0. The summed E-state index contributed by atoms with van der Waals surface area (Å²) in [5.41, 5.74) is 3.35. The molecule has 0 aliphatic carbocycles. The summed E-state index contributed by atoms with van der Waals surface area (Å²) in [6.45, 7) is 6.57. The van der Waals surface area contributed by atoms with Gasteiger partial charge in [0.05, 0.1) is 18.4 Å². The molecule has 6 heteroatoms. The number of halogens is 1. The van der Waals surface area contributed by atoms with Crippen LogP contribution in [0.3, 0.4) is 0 Å². The molecule has 0 aliphatic rings. The van der Waals surface area contributed by atoms with Crippen LogP contribution < -0.4 is 5.32 Å². The molecule has 0 radical (unpaired) electrons. The first-order valence-corrected chi connectivity index (χ1v) is 7.04. The molecular formula is C14H22FN5. The molecule has 2 aromatic rings. The number of nitrogens with zero attached hydrogens (tertiary/aromatic N) is 4. The lowest BCUT2D eigenvalue weighted by Crippen LogP contribution is -2.12. The number of hydrogen-bond donors (Lipinski definition) is 1. The van der Waals surface area contributed by atoms with Crippen molar-refractivity contribution >= 4 is 0 Å². The second kappa shape index (κ2) is 7.19. The zero-order chi connectivity index (χ0) is 14.4. The Morgan fingerprint density at radius 3 is 2.80 bits per heavy atom. The molecule has 2 aromatic heterocycles. The normalized spacial score (nSPS) is 11.2. The highest BCUT2D eigenvalue weighted by molar-refractivity contribution is 5.15. The zero-order valence-electron chi connectivity index (χ0n) is 12.1. The minimum atomic E-state index is -0.385. The summed E-state index contributed by atoms with van der Waals surface area (Å²) < 4.78 is 15.8. The molecule has 20 heavy (non-hydrogen) atoms. The number of aromatic nitrogens is 4. The van der Waals surface area contributed by atoms with Crippen molar-refractivity contribution in [2.45, 2.75) is 46.4 Å². The molecule has 0 spiro atoms. The molecule has 0 bridgehead atoms. The van der Waals surface area contributed by atoms with Gasteiger partial charge in [-0.3, -0.25) is 9.36 Å². The van der Waals surface area contributed by atoms with Crippen molar-refractivity contribution in [2.75, 3.05) is 6.67 Å². The highest BCUT2D eigenvalue weighted by Gasteiger charge is 2.04. The van der Waals surface area contributed by atoms with E-state index in [-0.39, 0.29) is 6.67 Å². The number of hydrogen-bond acceptors (Lipinski definition) is 3. The number of alkyl halides is 1.